The summed E-state index contributed by atoms with van der Waals surface area (Å²) in [6, 6.07) is 4.03. The van der Waals surface area contributed by atoms with Crippen LogP contribution in [0.2, 0.25) is 0 Å². The Morgan fingerprint density at radius 2 is 2.14 bits per heavy atom. The molecule has 0 bridgehead atoms. The molecule has 0 aliphatic rings. The molecule has 0 radical (unpaired) electrons. The average Bonchev–Trinajstić information content (AvgIpc) is 3.06. The van der Waals surface area contributed by atoms with E-state index >= 15 is 0 Å². The van der Waals surface area contributed by atoms with E-state index in [4.69, 9.17) is 12.2 Å². The summed E-state index contributed by atoms with van der Waals surface area (Å²) < 4.78 is 2.07. The summed E-state index contributed by atoms with van der Waals surface area (Å²) in [6.07, 6.45) is 12.0. The topological polar surface area (TPSA) is 46.0 Å². The van der Waals surface area contributed by atoms with Crippen LogP contribution in [0.15, 0.2) is 55.9 Å². The van der Waals surface area contributed by atoms with Crippen LogP contribution < -0.4 is 5.32 Å². The summed E-state index contributed by atoms with van der Waals surface area (Å²) in [4.78, 5) is 10.3. The van der Waals surface area contributed by atoms with E-state index in [0.717, 1.165) is 31.2 Å². The third-order valence-electron chi connectivity index (χ3n) is 3.21. The summed E-state index contributed by atoms with van der Waals surface area (Å²) in [6.45, 7) is 6.97. The zero-order valence-corrected chi connectivity index (χ0v) is 13.4. The zero-order chi connectivity index (χ0) is 15.6. The third-order valence-corrected chi connectivity index (χ3v) is 3.61. The van der Waals surface area contributed by atoms with Crippen LogP contribution in [-0.2, 0) is 13.1 Å². The molecule has 0 unspecified atom stereocenters. The lowest BCUT2D eigenvalue weighted by molar-refractivity contribution is 0.386. The molecular weight excluding hydrogens is 294 g/mol. The van der Waals surface area contributed by atoms with E-state index in [-0.39, 0.29) is 0 Å². The minimum absolute atomic E-state index is 0.674. The maximum atomic E-state index is 5.49. The molecular formula is C16H21N5S. The molecule has 2 rings (SSSR count). The van der Waals surface area contributed by atoms with Gasteiger partial charge in [-0.3, -0.25) is 4.98 Å². The molecule has 5 nitrogen and oxygen atoms in total. The molecule has 0 amide bonds. The highest BCUT2D eigenvalue weighted by Crippen LogP contribution is 2.05. The largest absolute Gasteiger partial charge is 0.359 e. The van der Waals surface area contributed by atoms with Gasteiger partial charge in [-0.15, -0.1) is 6.58 Å². The number of hydrogen-bond acceptors (Lipinski definition) is 3. The predicted molar refractivity (Wildman–Crippen MR) is 92.3 cm³/mol. The van der Waals surface area contributed by atoms with E-state index < -0.39 is 0 Å². The third kappa shape index (κ3) is 5.29. The monoisotopic (exact) mass is 315 g/mol. The van der Waals surface area contributed by atoms with E-state index in [1.807, 2.05) is 30.7 Å². The smallest absolute Gasteiger partial charge is 0.169 e. The van der Waals surface area contributed by atoms with E-state index in [0.29, 0.717) is 6.54 Å². The highest BCUT2D eigenvalue weighted by molar-refractivity contribution is 7.80. The quantitative estimate of drug-likeness (QED) is 0.598. The summed E-state index contributed by atoms with van der Waals surface area (Å²) in [5.41, 5.74) is 1.19. The number of hydrogen-bond donors (Lipinski definition) is 1. The van der Waals surface area contributed by atoms with Gasteiger partial charge in [-0.1, -0.05) is 6.08 Å². The molecule has 6 heteroatoms. The number of rotatable bonds is 8. The second-order valence-electron chi connectivity index (χ2n) is 4.91. The van der Waals surface area contributed by atoms with Gasteiger partial charge in [0.25, 0.3) is 0 Å². The molecule has 2 heterocycles. The molecule has 0 aliphatic heterocycles. The molecule has 116 valence electrons. The maximum Gasteiger partial charge on any atom is 0.169 e. The Morgan fingerprint density at radius 3 is 2.82 bits per heavy atom. The van der Waals surface area contributed by atoms with Gasteiger partial charge in [0.1, 0.15) is 0 Å². The molecule has 0 aliphatic carbocycles. The zero-order valence-electron chi connectivity index (χ0n) is 12.6. The lowest BCUT2D eigenvalue weighted by Gasteiger charge is -2.26. The van der Waals surface area contributed by atoms with Crippen molar-refractivity contribution in [2.45, 2.75) is 19.5 Å². The van der Waals surface area contributed by atoms with Crippen molar-refractivity contribution in [3.63, 3.8) is 0 Å². The summed E-state index contributed by atoms with van der Waals surface area (Å²) in [7, 11) is 0. The van der Waals surface area contributed by atoms with Crippen LogP contribution >= 0.6 is 12.2 Å². The molecule has 0 saturated carbocycles. The fraction of sp³-hybridized carbons (Fsp3) is 0.312. The number of nitrogens with zero attached hydrogens (tertiary/aromatic N) is 4. The van der Waals surface area contributed by atoms with Gasteiger partial charge < -0.3 is 14.8 Å². The minimum Gasteiger partial charge on any atom is -0.359 e. The van der Waals surface area contributed by atoms with Gasteiger partial charge in [0.05, 0.1) is 6.33 Å². The second kappa shape index (κ2) is 8.94. The first-order chi connectivity index (χ1) is 10.8. The van der Waals surface area contributed by atoms with Gasteiger partial charge in [-0.05, 0) is 36.3 Å². The van der Waals surface area contributed by atoms with Gasteiger partial charge in [-0.2, -0.15) is 0 Å². The van der Waals surface area contributed by atoms with E-state index in [1.165, 1.54) is 5.56 Å². The van der Waals surface area contributed by atoms with Gasteiger partial charge in [-0.25, -0.2) is 4.98 Å². The van der Waals surface area contributed by atoms with Gasteiger partial charge >= 0.3 is 0 Å². The Bertz CT molecular complexity index is 567. The van der Waals surface area contributed by atoms with E-state index in [9.17, 15) is 0 Å². The number of aromatic nitrogens is 3. The molecule has 22 heavy (non-hydrogen) atoms. The number of aryl methyl sites for hydroxylation is 1. The van der Waals surface area contributed by atoms with Gasteiger partial charge in [0.15, 0.2) is 5.11 Å². The molecule has 0 fully saturated rings. The average molecular weight is 315 g/mol. The molecule has 0 aromatic carbocycles. The van der Waals surface area contributed by atoms with Crippen LogP contribution in [0.4, 0.5) is 0 Å². The van der Waals surface area contributed by atoms with E-state index in [1.54, 1.807) is 18.6 Å². The Kier molecular flexibility index (Phi) is 6.57. The first-order valence-electron chi connectivity index (χ1n) is 7.28. The molecule has 0 spiro atoms. The maximum absolute atomic E-state index is 5.49. The second-order valence-corrected chi connectivity index (χ2v) is 5.29. The molecule has 2 aromatic heterocycles. The molecule has 2 aromatic rings. The van der Waals surface area contributed by atoms with Crippen LogP contribution in [0.25, 0.3) is 0 Å². The lowest BCUT2D eigenvalue weighted by Crippen LogP contribution is -2.40. The lowest BCUT2D eigenvalue weighted by atomic mass is 10.2. The van der Waals surface area contributed by atoms with Crippen molar-refractivity contribution in [2.75, 3.05) is 13.1 Å². The SMILES string of the molecule is C=CCNC(=S)N(CCCn1ccnc1)Cc1ccncc1. The summed E-state index contributed by atoms with van der Waals surface area (Å²) in [5, 5.41) is 3.95. The Balaban J connectivity index is 1.91. The van der Waals surface area contributed by atoms with Crippen molar-refractivity contribution in [3.8, 4) is 0 Å². The fourth-order valence-corrected chi connectivity index (χ4v) is 2.33. The highest BCUT2D eigenvalue weighted by atomic mass is 32.1. The van der Waals surface area contributed by atoms with Crippen LogP contribution in [-0.4, -0.2) is 37.6 Å². The number of imidazole rings is 1. The number of pyridine rings is 1. The van der Waals surface area contributed by atoms with Crippen molar-refractivity contribution in [1.29, 1.82) is 0 Å². The van der Waals surface area contributed by atoms with Crippen LogP contribution in [0.3, 0.4) is 0 Å². The number of thiocarbonyl (C=S) groups is 1. The van der Waals surface area contributed by atoms with Crippen molar-refractivity contribution in [2.24, 2.45) is 0 Å². The van der Waals surface area contributed by atoms with Gasteiger partial charge in [0, 0.05) is 51.0 Å². The first kappa shape index (κ1) is 16.2. The molecule has 0 saturated heterocycles. The fourth-order valence-electron chi connectivity index (χ4n) is 2.10. The Hall–Kier alpha value is -2.21. The van der Waals surface area contributed by atoms with Crippen LogP contribution in [0.5, 0.6) is 0 Å². The van der Waals surface area contributed by atoms with Gasteiger partial charge in [0.2, 0.25) is 0 Å². The van der Waals surface area contributed by atoms with Crippen LogP contribution in [0, 0.1) is 0 Å². The van der Waals surface area contributed by atoms with Crippen molar-refractivity contribution in [3.05, 3.63) is 61.5 Å². The van der Waals surface area contributed by atoms with E-state index in [2.05, 4.69) is 31.3 Å². The number of nitrogens with one attached hydrogen (secondary N) is 1. The summed E-state index contributed by atoms with van der Waals surface area (Å²) >= 11 is 5.49. The predicted octanol–water partition coefficient (Wildman–Crippen LogP) is 2.23. The van der Waals surface area contributed by atoms with Crippen molar-refractivity contribution < 1.29 is 0 Å². The molecule has 0 atom stereocenters. The Morgan fingerprint density at radius 1 is 1.32 bits per heavy atom. The summed E-state index contributed by atoms with van der Waals surface area (Å²) in [5.74, 6) is 0. The Labute approximate surface area is 136 Å². The van der Waals surface area contributed by atoms with Crippen molar-refractivity contribution in [1.82, 2.24) is 24.8 Å². The standard InChI is InChI=1S/C16H21N5S/c1-2-6-19-16(22)21(13-15-4-7-17-8-5-15)11-3-10-20-12-9-18-14-20/h2,4-5,7-9,12,14H,1,3,6,10-11,13H2,(H,19,22). The minimum atomic E-state index is 0.674. The van der Waals surface area contributed by atoms with Crippen LogP contribution in [0.1, 0.15) is 12.0 Å². The van der Waals surface area contributed by atoms with Crippen molar-refractivity contribution >= 4 is 17.3 Å². The first-order valence-corrected chi connectivity index (χ1v) is 7.68. The highest BCUT2D eigenvalue weighted by Gasteiger charge is 2.09. The molecule has 1 N–H and O–H groups in total. The normalized spacial score (nSPS) is 10.2.